The zero-order chi connectivity index (χ0) is 62.6. The van der Waals surface area contributed by atoms with E-state index in [0.29, 0.717) is 90.8 Å². The first-order chi connectivity index (χ1) is 42.9. The lowest BCUT2D eigenvalue weighted by atomic mass is 10.1. The lowest BCUT2D eigenvalue weighted by Gasteiger charge is -2.09. The largest absolute Gasteiger partial charge is 0.494 e. The second kappa shape index (κ2) is 34.7. The topological polar surface area (TPSA) is 55.4 Å². The second-order valence-electron chi connectivity index (χ2n) is 22.6. The third kappa shape index (κ3) is 19.3. The van der Waals surface area contributed by atoms with Crippen molar-refractivity contribution in [3.05, 3.63) is 203 Å². The van der Waals surface area contributed by atoms with Gasteiger partial charge in [0.1, 0.15) is 23.0 Å². The second-order valence-corrected chi connectivity index (χ2v) is 22.6. The lowest BCUT2D eigenvalue weighted by molar-refractivity contribution is 0.310. The van der Waals surface area contributed by atoms with Crippen LogP contribution >= 0.6 is 0 Å². The van der Waals surface area contributed by atoms with E-state index in [1.807, 2.05) is 90.1 Å². The fourth-order valence-corrected chi connectivity index (χ4v) is 10.7. The summed E-state index contributed by atoms with van der Waals surface area (Å²) in [5, 5.41) is 8.27. The molecule has 0 heterocycles. The Morgan fingerprint density at radius 1 is 0.227 bits per heavy atom. The highest BCUT2D eigenvalue weighted by Crippen LogP contribution is 2.32. The van der Waals surface area contributed by atoms with Gasteiger partial charge in [-0.15, -0.1) is 0 Å². The first-order valence-electron chi connectivity index (χ1n) is 31.3. The summed E-state index contributed by atoms with van der Waals surface area (Å²) in [5.74, 6) is 3.46. The van der Waals surface area contributed by atoms with Crippen molar-refractivity contribution < 1.29 is 28.4 Å². The summed E-state index contributed by atoms with van der Waals surface area (Å²) < 4.78 is 37.7. The predicted molar refractivity (Wildman–Crippen MR) is 361 cm³/mol. The molecule has 0 unspecified atom stereocenters. The van der Waals surface area contributed by atoms with Crippen LogP contribution in [0.3, 0.4) is 0 Å². The molecule has 0 aliphatic rings. The van der Waals surface area contributed by atoms with Crippen LogP contribution in [0, 0.1) is 139 Å². The van der Waals surface area contributed by atoms with Gasteiger partial charge in [-0.25, -0.2) is 0 Å². The first kappa shape index (κ1) is 66.1. The Morgan fingerprint density at radius 3 is 0.591 bits per heavy atom. The molecule has 0 saturated heterocycles. The molecule has 0 amide bonds. The molecular weight excluding hydrogens is 1080 g/mol. The minimum Gasteiger partial charge on any atom is -0.494 e. The fourth-order valence-electron chi connectivity index (χ4n) is 10.7. The number of aryl methyl sites for hydroxylation is 6. The highest BCUT2D eigenvalue weighted by atomic mass is 16.5. The third-order valence-electron chi connectivity index (χ3n) is 14.9. The summed E-state index contributed by atoms with van der Waals surface area (Å²) in [6, 6.07) is 77.4. The molecule has 448 valence electrons. The van der Waals surface area contributed by atoms with Crippen molar-refractivity contribution in [3.63, 3.8) is 0 Å². The summed E-state index contributed by atoms with van der Waals surface area (Å²) in [4.78, 5) is 0. The number of benzene rings is 6. The summed E-state index contributed by atoms with van der Waals surface area (Å²) in [7, 11) is 6.56. The molecule has 6 heteroatoms. The van der Waals surface area contributed by atoms with Crippen LogP contribution < -0.4 is 28.4 Å². The maximum atomic E-state index is 6.73. The van der Waals surface area contributed by atoms with Gasteiger partial charge in [0.15, 0.2) is 11.5 Å². The molecule has 88 heavy (non-hydrogen) atoms. The number of rotatable bonds is 24. The number of hydrogen-bond donors (Lipinski definition) is 0. The minimum atomic E-state index is 0.528. The standard InChI is InChI=1S/C82H84O6/c1-13-15-17-19-21-23-25-31-45-87-81-73-41-37-69-51-59(3)47-65(77(69)83-9)33-27-29-35-67-49-61(5)53-71(79(67)85-11)39-43-75-57-64(8)58-76(82(75)88-46-32-26-24-22-20-18-16-14-2)44-40-72-54-62(6)50-68(80(72)86-12)36-30-28-34-66-48-60(4)52-70(78(66)84-10)38-42-74(81)56-63(7)55-73/h47-58H,13-26,31-32,45-46H2,1-12H3. The monoisotopic (exact) mass is 1160 g/mol. The van der Waals surface area contributed by atoms with E-state index in [2.05, 4.69) is 135 Å². The molecule has 0 aromatic heterocycles. The van der Waals surface area contributed by atoms with Gasteiger partial charge < -0.3 is 28.4 Å². The molecule has 6 nitrogen and oxygen atoms in total. The molecule has 0 aliphatic carbocycles. The van der Waals surface area contributed by atoms with Crippen LogP contribution in [0.1, 0.15) is 150 Å². The third-order valence-corrected chi connectivity index (χ3v) is 14.9. The molecule has 7 aromatic carbocycles. The van der Waals surface area contributed by atoms with Gasteiger partial charge in [-0.2, -0.15) is 0 Å². The zero-order valence-electron chi connectivity index (χ0n) is 54.1. The SMILES string of the molecule is CCCCCCCCCCOc1c2c#cc3cc(C)cc(c#cc#cc4cc(C)cc(c#cc5cc(C)cc(c#cc6cc(C)cc(c#cc#cc7cc(C)cc(c#cc1cc(C)c2)c7OC)c6OC)c5OCCCCCCCCCC)c4OC)c3OC. The van der Waals surface area contributed by atoms with Crippen molar-refractivity contribution in [2.45, 2.75) is 158 Å². The van der Waals surface area contributed by atoms with Crippen LogP contribution in [-0.2, 0) is 0 Å². The first-order valence-corrected chi connectivity index (χ1v) is 31.3. The van der Waals surface area contributed by atoms with E-state index < -0.39 is 0 Å². The van der Waals surface area contributed by atoms with Crippen LogP contribution in [0.2, 0.25) is 0 Å². The van der Waals surface area contributed by atoms with Crippen LogP contribution in [0.5, 0.6) is 34.5 Å². The number of unbranched alkanes of at least 4 members (excludes halogenated alkanes) is 14. The van der Waals surface area contributed by atoms with E-state index in [-0.39, 0.29) is 0 Å². The van der Waals surface area contributed by atoms with Crippen molar-refractivity contribution in [1.29, 1.82) is 0 Å². The van der Waals surface area contributed by atoms with Gasteiger partial charge in [0, 0.05) is 0 Å². The normalized spacial score (nSPS) is 10.1. The maximum Gasteiger partial charge on any atom is 0.150 e. The van der Waals surface area contributed by atoms with E-state index in [0.717, 1.165) is 80.6 Å². The molecule has 0 aliphatic heterocycles. The average Bonchev–Trinajstić information content (AvgIpc) is 3.59. The molecule has 0 spiro atoms. The van der Waals surface area contributed by atoms with E-state index >= 15 is 0 Å². The van der Waals surface area contributed by atoms with Gasteiger partial charge in [0.25, 0.3) is 0 Å². The van der Waals surface area contributed by atoms with Crippen LogP contribution in [0.15, 0.2) is 72.8 Å². The Bertz CT molecular complexity index is 3400. The van der Waals surface area contributed by atoms with Gasteiger partial charge >= 0.3 is 0 Å². The van der Waals surface area contributed by atoms with Gasteiger partial charge in [-0.05, 0) is 209 Å². The summed E-state index contributed by atoms with van der Waals surface area (Å²) in [6.45, 7) is 17.7. The smallest absolute Gasteiger partial charge is 0.150 e. The maximum absolute atomic E-state index is 6.73. The average molecular weight is 1170 g/mol. The highest BCUT2D eigenvalue weighted by molar-refractivity contribution is 5.86. The Kier molecular flexibility index (Phi) is 26.1. The van der Waals surface area contributed by atoms with Crippen LogP contribution in [0.25, 0.3) is 64.6 Å². The van der Waals surface area contributed by atoms with Gasteiger partial charge in [-0.1, -0.05) is 152 Å². The Balaban J connectivity index is 1.47. The quantitative estimate of drug-likeness (QED) is 0.0562. The molecule has 12 bridgehead atoms. The van der Waals surface area contributed by atoms with E-state index in [4.69, 9.17) is 28.4 Å². The van der Waals surface area contributed by atoms with Gasteiger partial charge in [0.05, 0.1) is 106 Å². The molecule has 0 saturated carbocycles. The molecule has 0 atom stereocenters. The molecule has 0 fully saturated rings. The van der Waals surface area contributed by atoms with Gasteiger partial charge in [-0.3, -0.25) is 0 Å². The molecule has 7 rings (SSSR count). The number of methoxy groups -OCH3 is 4. The number of hydrogen-bond acceptors (Lipinski definition) is 6. The van der Waals surface area contributed by atoms with Gasteiger partial charge in [0.2, 0.25) is 0 Å². The zero-order valence-corrected chi connectivity index (χ0v) is 54.1. The molecular formula is C82H84O6. The van der Waals surface area contributed by atoms with Crippen molar-refractivity contribution in [2.75, 3.05) is 41.7 Å². The molecule has 0 N–H and O–H groups in total. The van der Waals surface area contributed by atoms with Crippen LogP contribution in [0.4, 0.5) is 0 Å². The van der Waals surface area contributed by atoms with E-state index in [1.54, 1.807) is 28.4 Å². The summed E-state index contributed by atoms with van der Waals surface area (Å²) in [5.41, 5.74) is 5.86. The minimum absolute atomic E-state index is 0.528. The summed E-state index contributed by atoms with van der Waals surface area (Å²) >= 11 is 0. The Labute approximate surface area is 527 Å². The number of ether oxygens (including phenoxy) is 6. The predicted octanol–water partition coefficient (Wildman–Crippen LogP) is 20.5. The van der Waals surface area contributed by atoms with Crippen molar-refractivity contribution in [2.24, 2.45) is 0 Å². The lowest BCUT2D eigenvalue weighted by Crippen LogP contribution is -1.98. The van der Waals surface area contributed by atoms with E-state index in [9.17, 15) is 0 Å². The van der Waals surface area contributed by atoms with Crippen molar-refractivity contribution in [3.8, 4) is 34.5 Å². The van der Waals surface area contributed by atoms with Crippen LogP contribution in [-0.4, -0.2) is 41.7 Å². The van der Waals surface area contributed by atoms with E-state index in [1.165, 1.54) is 77.0 Å². The highest BCUT2D eigenvalue weighted by Gasteiger charge is 2.10. The fraction of sp³-hybridized carbons (Fsp3) is 0.366. The number of fused-ring (bicyclic) bond motifs is 12. The van der Waals surface area contributed by atoms with Crippen molar-refractivity contribution in [1.82, 2.24) is 0 Å². The summed E-state index contributed by atoms with van der Waals surface area (Å²) in [6.07, 6.45) is 19.0. The molecule has 0 radical (unpaired) electrons. The molecule has 7 aromatic rings. The Morgan fingerprint density at radius 2 is 0.398 bits per heavy atom. The van der Waals surface area contributed by atoms with Crippen molar-refractivity contribution >= 4 is 64.6 Å². The Hall–Kier alpha value is -9.40.